The van der Waals surface area contributed by atoms with Gasteiger partial charge in [-0.15, -0.1) is 0 Å². The average molecular weight is 385 g/mol. The molecule has 3 rings (SSSR count). The molecule has 1 aromatic heterocycles. The van der Waals surface area contributed by atoms with E-state index in [0.29, 0.717) is 44.0 Å². The van der Waals surface area contributed by atoms with Crippen molar-refractivity contribution in [3.63, 3.8) is 0 Å². The van der Waals surface area contributed by atoms with Crippen molar-refractivity contribution in [2.75, 3.05) is 19.5 Å². The summed E-state index contributed by atoms with van der Waals surface area (Å²) in [5.41, 5.74) is 1.21. The minimum Gasteiger partial charge on any atom is -0.493 e. The molecule has 0 spiro atoms. The van der Waals surface area contributed by atoms with Crippen molar-refractivity contribution in [1.82, 2.24) is 9.97 Å². The third-order valence-corrected chi connectivity index (χ3v) is 4.09. The summed E-state index contributed by atoms with van der Waals surface area (Å²) in [6.07, 6.45) is 0. The second kappa shape index (κ2) is 6.89. The first kappa shape index (κ1) is 16.9. The van der Waals surface area contributed by atoms with Crippen LogP contribution >= 0.6 is 34.8 Å². The molecule has 0 saturated carbocycles. The fourth-order valence-electron chi connectivity index (χ4n) is 2.24. The molecule has 24 heavy (non-hydrogen) atoms. The monoisotopic (exact) mass is 383 g/mol. The Hall–Kier alpha value is -1.95. The minimum absolute atomic E-state index is 0.0929. The van der Waals surface area contributed by atoms with E-state index in [9.17, 15) is 0 Å². The second-order valence-electron chi connectivity index (χ2n) is 4.81. The molecule has 0 fully saturated rings. The molecule has 5 nitrogen and oxygen atoms in total. The van der Waals surface area contributed by atoms with Crippen molar-refractivity contribution < 1.29 is 9.47 Å². The van der Waals surface area contributed by atoms with Crippen LogP contribution in [0.5, 0.6) is 11.5 Å². The summed E-state index contributed by atoms with van der Waals surface area (Å²) in [6.45, 7) is 0. The summed E-state index contributed by atoms with van der Waals surface area (Å²) >= 11 is 18.3. The number of benzene rings is 2. The molecule has 1 heterocycles. The molecule has 0 aliphatic rings. The van der Waals surface area contributed by atoms with Crippen LogP contribution in [-0.2, 0) is 0 Å². The summed E-state index contributed by atoms with van der Waals surface area (Å²) in [5.74, 6) is 1.58. The van der Waals surface area contributed by atoms with Crippen LogP contribution in [0.1, 0.15) is 0 Å². The van der Waals surface area contributed by atoms with Crippen molar-refractivity contribution in [3.05, 3.63) is 45.7 Å². The van der Waals surface area contributed by atoms with E-state index in [2.05, 4.69) is 15.3 Å². The van der Waals surface area contributed by atoms with Crippen LogP contribution in [0.15, 0.2) is 30.3 Å². The lowest BCUT2D eigenvalue weighted by Crippen LogP contribution is -1.99. The van der Waals surface area contributed by atoms with Gasteiger partial charge in [-0.25, -0.2) is 4.98 Å². The molecule has 0 atom stereocenters. The predicted molar refractivity (Wildman–Crippen MR) is 97.4 cm³/mol. The zero-order valence-corrected chi connectivity index (χ0v) is 15.0. The van der Waals surface area contributed by atoms with E-state index in [1.807, 2.05) is 0 Å². The maximum atomic E-state index is 6.20. The van der Waals surface area contributed by atoms with E-state index in [1.165, 1.54) is 0 Å². The zero-order valence-electron chi connectivity index (χ0n) is 12.7. The van der Waals surface area contributed by atoms with Gasteiger partial charge in [0.25, 0.3) is 0 Å². The van der Waals surface area contributed by atoms with Gasteiger partial charge in [-0.3, -0.25) is 0 Å². The number of ether oxygens (including phenoxy) is 2. The maximum absolute atomic E-state index is 6.20. The lowest BCUT2D eigenvalue weighted by Gasteiger charge is -2.13. The average Bonchev–Trinajstić information content (AvgIpc) is 2.56. The van der Waals surface area contributed by atoms with Crippen molar-refractivity contribution in [2.24, 2.45) is 0 Å². The van der Waals surface area contributed by atoms with Gasteiger partial charge in [0.05, 0.1) is 30.4 Å². The van der Waals surface area contributed by atoms with Gasteiger partial charge in [-0.05, 0) is 35.9 Å². The van der Waals surface area contributed by atoms with Crippen molar-refractivity contribution in [2.45, 2.75) is 0 Å². The Morgan fingerprint density at radius 2 is 1.62 bits per heavy atom. The number of nitrogens with one attached hydrogen (secondary N) is 1. The fourth-order valence-corrected chi connectivity index (χ4v) is 2.76. The number of methoxy groups -OCH3 is 2. The maximum Gasteiger partial charge on any atom is 0.224 e. The van der Waals surface area contributed by atoms with Crippen molar-refractivity contribution in [1.29, 1.82) is 0 Å². The Labute approximate surface area is 153 Å². The van der Waals surface area contributed by atoms with Gasteiger partial charge in [-0.2, -0.15) is 4.98 Å². The Bertz CT molecular complexity index is 919. The fraction of sp³-hybridized carbons (Fsp3) is 0.125. The predicted octanol–water partition coefficient (Wildman–Crippen LogP) is 5.35. The van der Waals surface area contributed by atoms with Crippen LogP contribution in [0.25, 0.3) is 10.9 Å². The summed E-state index contributed by atoms with van der Waals surface area (Å²) in [6, 6.07) is 8.60. The smallest absolute Gasteiger partial charge is 0.224 e. The number of fused-ring (bicyclic) bond motifs is 1. The highest BCUT2D eigenvalue weighted by Crippen LogP contribution is 2.36. The number of anilines is 2. The van der Waals surface area contributed by atoms with Gasteiger partial charge in [0, 0.05) is 16.5 Å². The van der Waals surface area contributed by atoms with Crippen LogP contribution in [0.4, 0.5) is 11.5 Å². The summed E-state index contributed by atoms with van der Waals surface area (Å²) < 4.78 is 10.6. The summed E-state index contributed by atoms with van der Waals surface area (Å²) in [4.78, 5) is 8.47. The van der Waals surface area contributed by atoms with E-state index < -0.39 is 0 Å². The van der Waals surface area contributed by atoms with Crippen LogP contribution < -0.4 is 14.8 Å². The number of halogens is 3. The quantitative estimate of drug-likeness (QED) is 0.614. The van der Waals surface area contributed by atoms with Crippen LogP contribution in [0, 0.1) is 0 Å². The van der Waals surface area contributed by atoms with E-state index in [1.54, 1.807) is 44.6 Å². The third-order valence-electron chi connectivity index (χ3n) is 3.36. The Balaban J connectivity index is 2.17. The number of aromatic nitrogens is 2. The first-order valence-electron chi connectivity index (χ1n) is 6.83. The van der Waals surface area contributed by atoms with Crippen molar-refractivity contribution in [3.8, 4) is 11.5 Å². The lowest BCUT2D eigenvalue weighted by atomic mass is 10.2. The molecule has 8 heteroatoms. The molecule has 1 N–H and O–H groups in total. The van der Waals surface area contributed by atoms with E-state index in [-0.39, 0.29) is 5.28 Å². The molecular weight excluding hydrogens is 373 g/mol. The van der Waals surface area contributed by atoms with Crippen molar-refractivity contribution >= 4 is 57.2 Å². The SMILES string of the molecule is COc1cc2nc(Cl)nc(Nc3cc(Cl)ccc3Cl)c2cc1OC. The van der Waals surface area contributed by atoms with E-state index >= 15 is 0 Å². The normalized spacial score (nSPS) is 10.7. The third kappa shape index (κ3) is 3.29. The van der Waals surface area contributed by atoms with Crippen LogP contribution in [-0.4, -0.2) is 24.2 Å². The van der Waals surface area contributed by atoms with Gasteiger partial charge >= 0.3 is 0 Å². The first-order chi connectivity index (χ1) is 11.5. The number of nitrogens with zero attached hydrogens (tertiary/aromatic N) is 2. The molecule has 0 aliphatic heterocycles. The molecule has 0 bridgehead atoms. The number of hydrogen-bond donors (Lipinski definition) is 1. The topological polar surface area (TPSA) is 56.3 Å². The zero-order chi connectivity index (χ0) is 17.3. The van der Waals surface area contributed by atoms with Crippen LogP contribution in [0.2, 0.25) is 15.3 Å². The van der Waals surface area contributed by atoms with E-state index in [0.717, 1.165) is 0 Å². The molecule has 3 aromatic rings. The number of hydrogen-bond acceptors (Lipinski definition) is 5. The highest BCUT2D eigenvalue weighted by Gasteiger charge is 2.14. The molecule has 0 amide bonds. The van der Waals surface area contributed by atoms with Gasteiger partial charge in [0.2, 0.25) is 5.28 Å². The highest BCUT2D eigenvalue weighted by atomic mass is 35.5. The molecule has 0 aliphatic carbocycles. The molecule has 124 valence electrons. The summed E-state index contributed by atoms with van der Waals surface area (Å²) in [7, 11) is 3.11. The highest BCUT2D eigenvalue weighted by molar-refractivity contribution is 6.35. The standard InChI is InChI=1S/C16H12Cl3N3O2/c1-23-13-6-9-11(7-14(13)24-2)21-16(19)22-15(9)20-12-5-8(17)3-4-10(12)18/h3-7H,1-2H3,(H,20,21,22). The summed E-state index contributed by atoms with van der Waals surface area (Å²) in [5, 5.41) is 4.98. The van der Waals surface area contributed by atoms with E-state index in [4.69, 9.17) is 44.3 Å². The van der Waals surface area contributed by atoms with Gasteiger partial charge in [0.1, 0.15) is 5.82 Å². The number of rotatable bonds is 4. The van der Waals surface area contributed by atoms with Gasteiger partial charge < -0.3 is 14.8 Å². The largest absolute Gasteiger partial charge is 0.493 e. The Kier molecular flexibility index (Phi) is 4.85. The van der Waals surface area contributed by atoms with Gasteiger partial charge in [-0.1, -0.05) is 23.2 Å². The molecule has 2 aromatic carbocycles. The molecule has 0 unspecified atom stereocenters. The molecule has 0 saturated heterocycles. The minimum atomic E-state index is 0.0929. The first-order valence-corrected chi connectivity index (χ1v) is 7.96. The lowest BCUT2D eigenvalue weighted by molar-refractivity contribution is 0.356. The second-order valence-corrected chi connectivity index (χ2v) is 6.00. The Morgan fingerprint density at radius 3 is 2.33 bits per heavy atom. The molecular formula is C16H12Cl3N3O2. The Morgan fingerprint density at radius 1 is 0.917 bits per heavy atom. The van der Waals surface area contributed by atoms with Gasteiger partial charge in [0.15, 0.2) is 11.5 Å². The van der Waals surface area contributed by atoms with Crippen LogP contribution in [0.3, 0.4) is 0 Å². The molecule has 0 radical (unpaired) electrons.